The Morgan fingerprint density at radius 2 is 1.40 bits per heavy atom. The minimum absolute atomic E-state index is 0.0313. The van der Waals surface area contributed by atoms with Gasteiger partial charge in [0.25, 0.3) is 0 Å². The minimum atomic E-state index is -0.994. The summed E-state index contributed by atoms with van der Waals surface area (Å²) in [6.07, 6.45) is -0.0313. The van der Waals surface area contributed by atoms with Crippen molar-refractivity contribution in [2.45, 2.75) is 12.3 Å². The van der Waals surface area contributed by atoms with Crippen LogP contribution in [-0.2, 0) is 4.79 Å². The fraction of sp³-hybridized carbons (Fsp3) is 0.125. The number of aliphatic carboxylic acids is 1. The molecule has 1 unspecified atom stereocenters. The second kappa shape index (κ2) is 6.02. The van der Waals surface area contributed by atoms with Gasteiger partial charge < -0.3 is 10.2 Å². The first-order valence-electron chi connectivity index (χ1n) is 6.18. The number of carboxylic acid groups (broad SMARTS) is 2. The van der Waals surface area contributed by atoms with Crippen LogP contribution in [0.4, 0.5) is 0 Å². The highest BCUT2D eigenvalue weighted by atomic mass is 16.4. The van der Waals surface area contributed by atoms with Gasteiger partial charge in [0.15, 0.2) is 0 Å². The van der Waals surface area contributed by atoms with Gasteiger partial charge in [-0.15, -0.1) is 0 Å². The summed E-state index contributed by atoms with van der Waals surface area (Å²) in [5.74, 6) is -2.16. The molecule has 0 aliphatic carbocycles. The molecule has 0 saturated heterocycles. The summed E-state index contributed by atoms with van der Waals surface area (Å²) in [5, 5.41) is 17.9. The van der Waals surface area contributed by atoms with Crippen molar-refractivity contribution in [1.82, 2.24) is 0 Å². The highest BCUT2D eigenvalue weighted by molar-refractivity contribution is 5.87. The number of carbonyl (C=O) groups is 2. The molecule has 102 valence electrons. The molecule has 2 aromatic carbocycles. The lowest BCUT2D eigenvalue weighted by Crippen LogP contribution is -2.08. The van der Waals surface area contributed by atoms with Gasteiger partial charge >= 0.3 is 11.9 Å². The van der Waals surface area contributed by atoms with E-state index in [1.54, 1.807) is 12.1 Å². The minimum Gasteiger partial charge on any atom is -0.481 e. The SMILES string of the molecule is O=C(O)CC(c1ccccc1)c1ccc(C(=O)O)cc1. The van der Waals surface area contributed by atoms with Crippen LogP contribution in [0.15, 0.2) is 54.6 Å². The van der Waals surface area contributed by atoms with E-state index in [0.717, 1.165) is 11.1 Å². The molecule has 0 aliphatic heterocycles. The highest BCUT2D eigenvalue weighted by Crippen LogP contribution is 2.28. The summed E-state index contributed by atoms with van der Waals surface area (Å²) in [6.45, 7) is 0. The van der Waals surface area contributed by atoms with E-state index in [0.29, 0.717) is 0 Å². The summed E-state index contributed by atoms with van der Waals surface area (Å²) in [4.78, 5) is 21.9. The molecule has 0 heterocycles. The molecule has 0 fully saturated rings. The smallest absolute Gasteiger partial charge is 0.335 e. The molecule has 0 spiro atoms. The second-order valence-electron chi connectivity index (χ2n) is 4.49. The fourth-order valence-electron chi connectivity index (χ4n) is 2.15. The van der Waals surface area contributed by atoms with Gasteiger partial charge in [-0.2, -0.15) is 0 Å². The first-order valence-corrected chi connectivity index (χ1v) is 6.18. The van der Waals surface area contributed by atoms with Crippen LogP contribution in [-0.4, -0.2) is 22.2 Å². The Labute approximate surface area is 116 Å². The van der Waals surface area contributed by atoms with E-state index in [1.807, 2.05) is 30.3 Å². The predicted octanol–water partition coefficient (Wildman–Crippen LogP) is 2.99. The van der Waals surface area contributed by atoms with Crippen LogP contribution in [0.1, 0.15) is 33.8 Å². The Kier molecular flexibility index (Phi) is 4.15. The van der Waals surface area contributed by atoms with Crippen molar-refractivity contribution in [1.29, 1.82) is 0 Å². The van der Waals surface area contributed by atoms with Crippen LogP contribution in [0.2, 0.25) is 0 Å². The quantitative estimate of drug-likeness (QED) is 0.875. The van der Waals surface area contributed by atoms with Gasteiger partial charge in [-0.3, -0.25) is 4.79 Å². The van der Waals surface area contributed by atoms with E-state index in [-0.39, 0.29) is 17.9 Å². The topological polar surface area (TPSA) is 74.6 Å². The maximum Gasteiger partial charge on any atom is 0.335 e. The summed E-state index contributed by atoms with van der Waals surface area (Å²) >= 11 is 0. The molecule has 2 N–H and O–H groups in total. The molecular weight excluding hydrogens is 256 g/mol. The van der Waals surface area contributed by atoms with Gasteiger partial charge in [0.05, 0.1) is 12.0 Å². The molecule has 2 aromatic rings. The molecule has 0 saturated carbocycles. The first kappa shape index (κ1) is 13.8. The van der Waals surface area contributed by atoms with Crippen molar-refractivity contribution in [3.63, 3.8) is 0 Å². The summed E-state index contributed by atoms with van der Waals surface area (Å²) in [5.41, 5.74) is 1.89. The summed E-state index contributed by atoms with van der Waals surface area (Å²) in [7, 11) is 0. The van der Waals surface area contributed by atoms with Gasteiger partial charge in [-0.05, 0) is 23.3 Å². The third kappa shape index (κ3) is 3.23. The van der Waals surface area contributed by atoms with E-state index >= 15 is 0 Å². The Morgan fingerprint density at radius 3 is 1.90 bits per heavy atom. The first-order chi connectivity index (χ1) is 9.58. The van der Waals surface area contributed by atoms with Crippen molar-refractivity contribution in [3.8, 4) is 0 Å². The standard InChI is InChI=1S/C16H14O4/c17-15(18)10-14(11-4-2-1-3-5-11)12-6-8-13(9-7-12)16(19)20/h1-9,14H,10H2,(H,17,18)(H,19,20). The van der Waals surface area contributed by atoms with Crippen LogP contribution in [0.3, 0.4) is 0 Å². The Morgan fingerprint density at radius 1 is 0.850 bits per heavy atom. The average Bonchev–Trinajstić information content (AvgIpc) is 2.45. The third-order valence-corrected chi connectivity index (χ3v) is 3.14. The zero-order valence-corrected chi connectivity index (χ0v) is 10.7. The van der Waals surface area contributed by atoms with Crippen molar-refractivity contribution in [3.05, 3.63) is 71.3 Å². The van der Waals surface area contributed by atoms with Crippen LogP contribution < -0.4 is 0 Å². The van der Waals surface area contributed by atoms with Gasteiger partial charge in [-0.25, -0.2) is 4.79 Å². The molecule has 0 bridgehead atoms. The lowest BCUT2D eigenvalue weighted by molar-refractivity contribution is -0.137. The van der Waals surface area contributed by atoms with Crippen LogP contribution in [0.25, 0.3) is 0 Å². The molecule has 4 heteroatoms. The number of carboxylic acids is 2. The highest BCUT2D eigenvalue weighted by Gasteiger charge is 2.18. The molecule has 20 heavy (non-hydrogen) atoms. The zero-order chi connectivity index (χ0) is 14.5. The normalized spacial score (nSPS) is 11.8. The molecular formula is C16H14O4. The Bertz CT molecular complexity index is 602. The number of aromatic carboxylic acids is 1. The van der Waals surface area contributed by atoms with Crippen LogP contribution in [0.5, 0.6) is 0 Å². The Balaban J connectivity index is 2.36. The second-order valence-corrected chi connectivity index (χ2v) is 4.49. The monoisotopic (exact) mass is 270 g/mol. The average molecular weight is 270 g/mol. The predicted molar refractivity (Wildman–Crippen MR) is 73.9 cm³/mol. The van der Waals surface area contributed by atoms with E-state index < -0.39 is 11.9 Å². The van der Waals surface area contributed by atoms with E-state index in [2.05, 4.69) is 0 Å². The third-order valence-electron chi connectivity index (χ3n) is 3.14. The Hall–Kier alpha value is -2.62. The maximum absolute atomic E-state index is 11.0. The largest absolute Gasteiger partial charge is 0.481 e. The van der Waals surface area contributed by atoms with Crippen LogP contribution >= 0.6 is 0 Å². The summed E-state index contributed by atoms with van der Waals surface area (Å²) in [6, 6.07) is 15.7. The van der Waals surface area contributed by atoms with Crippen LogP contribution in [0, 0.1) is 0 Å². The van der Waals surface area contributed by atoms with E-state index in [9.17, 15) is 9.59 Å². The summed E-state index contributed by atoms with van der Waals surface area (Å²) < 4.78 is 0. The van der Waals surface area contributed by atoms with Crippen molar-refractivity contribution < 1.29 is 19.8 Å². The lowest BCUT2D eigenvalue weighted by atomic mass is 9.88. The molecule has 2 rings (SSSR count). The molecule has 1 atom stereocenters. The van der Waals surface area contributed by atoms with Gasteiger partial charge in [0.2, 0.25) is 0 Å². The molecule has 0 radical (unpaired) electrons. The van der Waals surface area contributed by atoms with Crippen molar-refractivity contribution >= 4 is 11.9 Å². The zero-order valence-electron chi connectivity index (χ0n) is 10.7. The molecule has 0 aromatic heterocycles. The lowest BCUT2D eigenvalue weighted by Gasteiger charge is -2.16. The number of hydrogen-bond acceptors (Lipinski definition) is 2. The van der Waals surface area contributed by atoms with E-state index in [4.69, 9.17) is 10.2 Å². The molecule has 0 amide bonds. The number of hydrogen-bond donors (Lipinski definition) is 2. The molecule has 4 nitrogen and oxygen atoms in total. The van der Waals surface area contributed by atoms with Crippen molar-refractivity contribution in [2.75, 3.05) is 0 Å². The maximum atomic E-state index is 11.0. The van der Waals surface area contributed by atoms with Crippen molar-refractivity contribution in [2.24, 2.45) is 0 Å². The van der Waals surface area contributed by atoms with Gasteiger partial charge in [-0.1, -0.05) is 42.5 Å². The van der Waals surface area contributed by atoms with E-state index in [1.165, 1.54) is 12.1 Å². The fourth-order valence-corrected chi connectivity index (χ4v) is 2.15. The number of benzene rings is 2. The van der Waals surface area contributed by atoms with Gasteiger partial charge in [0, 0.05) is 5.92 Å². The molecule has 0 aliphatic rings. The number of rotatable bonds is 5. The van der Waals surface area contributed by atoms with Gasteiger partial charge in [0.1, 0.15) is 0 Å².